The first-order chi connectivity index (χ1) is 9.25. The molecule has 19 heavy (non-hydrogen) atoms. The highest BCUT2D eigenvalue weighted by Gasteiger charge is 2.21. The first-order valence-electron chi connectivity index (χ1n) is 6.39. The van der Waals surface area contributed by atoms with E-state index in [-0.39, 0.29) is 5.56 Å². The van der Waals surface area contributed by atoms with Crippen LogP contribution in [0, 0.1) is 5.92 Å². The summed E-state index contributed by atoms with van der Waals surface area (Å²) in [6.07, 6.45) is 2.54. The van der Waals surface area contributed by atoms with Crippen molar-refractivity contribution in [2.24, 2.45) is 5.92 Å². The van der Waals surface area contributed by atoms with E-state index < -0.39 is 5.97 Å². The van der Waals surface area contributed by atoms with Crippen molar-refractivity contribution in [1.29, 1.82) is 0 Å². The Bertz CT molecular complexity index is 604. The summed E-state index contributed by atoms with van der Waals surface area (Å²) in [6.45, 7) is 1.98. The molecule has 6 heteroatoms. The van der Waals surface area contributed by atoms with E-state index in [0.717, 1.165) is 18.0 Å². The fraction of sp³-hybridized carbons (Fsp3) is 0.462. The summed E-state index contributed by atoms with van der Waals surface area (Å²) in [5, 5.41) is 17.0. The van der Waals surface area contributed by atoms with E-state index in [1.807, 2.05) is 6.07 Å². The molecule has 0 bridgehead atoms. The third kappa shape index (κ3) is 2.58. The maximum Gasteiger partial charge on any atom is 0.338 e. The van der Waals surface area contributed by atoms with Crippen LogP contribution in [0.2, 0.25) is 0 Å². The number of carbonyl (C=O) groups is 1. The number of rotatable bonds is 6. The van der Waals surface area contributed by atoms with Crippen molar-refractivity contribution in [1.82, 2.24) is 15.0 Å². The van der Waals surface area contributed by atoms with Crippen LogP contribution in [-0.2, 0) is 11.3 Å². The van der Waals surface area contributed by atoms with E-state index in [4.69, 9.17) is 9.84 Å². The molecule has 0 atom stereocenters. The molecule has 1 saturated carbocycles. The molecule has 0 radical (unpaired) electrons. The first-order valence-corrected chi connectivity index (χ1v) is 6.39. The molecule has 1 aliphatic rings. The lowest BCUT2D eigenvalue weighted by atomic mass is 10.2. The maximum absolute atomic E-state index is 11.1. The first kappa shape index (κ1) is 12.1. The highest BCUT2D eigenvalue weighted by atomic mass is 16.5. The Labute approximate surface area is 110 Å². The van der Waals surface area contributed by atoms with Crippen molar-refractivity contribution in [2.45, 2.75) is 19.4 Å². The molecule has 1 aromatic heterocycles. The minimum Gasteiger partial charge on any atom is -0.478 e. The summed E-state index contributed by atoms with van der Waals surface area (Å²) in [4.78, 5) is 11.1. The molecule has 1 N–H and O–H groups in total. The SMILES string of the molecule is O=C(O)c1cccc2c1nnn2CCOCC1CC1. The molecule has 6 nitrogen and oxygen atoms in total. The minimum absolute atomic E-state index is 0.183. The van der Waals surface area contributed by atoms with Crippen LogP contribution in [0.1, 0.15) is 23.2 Å². The van der Waals surface area contributed by atoms with Gasteiger partial charge in [0, 0.05) is 6.61 Å². The van der Waals surface area contributed by atoms with Crippen molar-refractivity contribution < 1.29 is 14.6 Å². The number of aromatic carboxylic acids is 1. The fourth-order valence-electron chi connectivity index (χ4n) is 2.01. The van der Waals surface area contributed by atoms with Gasteiger partial charge in [0.2, 0.25) is 0 Å². The van der Waals surface area contributed by atoms with Gasteiger partial charge in [-0.1, -0.05) is 11.3 Å². The minimum atomic E-state index is -0.984. The van der Waals surface area contributed by atoms with Crippen LogP contribution in [0.5, 0.6) is 0 Å². The van der Waals surface area contributed by atoms with Gasteiger partial charge in [0.05, 0.1) is 24.2 Å². The van der Waals surface area contributed by atoms with E-state index in [0.29, 0.717) is 18.7 Å². The Hall–Kier alpha value is -1.95. The largest absolute Gasteiger partial charge is 0.478 e. The van der Waals surface area contributed by atoms with Crippen LogP contribution in [0.25, 0.3) is 11.0 Å². The zero-order valence-corrected chi connectivity index (χ0v) is 10.5. The lowest BCUT2D eigenvalue weighted by Crippen LogP contribution is -2.09. The molecule has 2 aromatic rings. The van der Waals surface area contributed by atoms with Crippen molar-refractivity contribution in [3.63, 3.8) is 0 Å². The Morgan fingerprint density at radius 3 is 3.05 bits per heavy atom. The van der Waals surface area contributed by atoms with Crippen molar-refractivity contribution in [3.8, 4) is 0 Å². The zero-order valence-electron chi connectivity index (χ0n) is 10.5. The number of hydrogen-bond donors (Lipinski definition) is 1. The third-order valence-corrected chi connectivity index (χ3v) is 3.27. The lowest BCUT2D eigenvalue weighted by Gasteiger charge is -2.04. The lowest BCUT2D eigenvalue weighted by molar-refractivity contribution is 0.0699. The number of aromatic nitrogens is 3. The van der Waals surface area contributed by atoms with Gasteiger partial charge in [-0.2, -0.15) is 0 Å². The Balaban J connectivity index is 1.72. The van der Waals surface area contributed by atoms with E-state index >= 15 is 0 Å². The summed E-state index contributed by atoms with van der Waals surface area (Å²) >= 11 is 0. The van der Waals surface area contributed by atoms with Gasteiger partial charge in [0.15, 0.2) is 0 Å². The highest BCUT2D eigenvalue weighted by Crippen LogP contribution is 2.28. The smallest absolute Gasteiger partial charge is 0.338 e. The number of carboxylic acid groups (broad SMARTS) is 1. The second-order valence-corrected chi connectivity index (χ2v) is 4.81. The molecule has 0 spiro atoms. The van der Waals surface area contributed by atoms with Crippen LogP contribution >= 0.6 is 0 Å². The van der Waals surface area contributed by atoms with Gasteiger partial charge >= 0.3 is 5.97 Å². The number of hydrogen-bond acceptors (Lipinski definition) is 4. The molecule has 1 aliphatic carbocycles. The molecule has 100 valence electrons. The van der Waals surface area contributed by atoms with Gasteiger partial charge in [0.25, 0.3) is 0 Å². The molecule has 0 unspecified atom stereocenters. The molecule has 1 fully saturated rings. The molecule has 1 heterocycles. The van der Waals surface area contributed by atoms with E-state index in [1.54, 1.807) is 10.7 Å². The summed E-state index contributed by atoms with van der Waals surface area (Å²) in [6, 6.07) is 5.06. The summed E-state index contributed by atoms with van der Waals surface area (Å²) in [5.74, 6) is -0.242. The molecule has 0 amide bonds. The van der Waals surface area contributed by atoms with Crippen LogP contribution < -0.4 is 0 Å². The normalized spacial score (nSPS) is 14.9. The maximum atomic E-state index is 11.1. The average Bonchev–Trinajstić information content (AvgIpc) is 3.14. The average molecular weight is 261 g/mol. The van der Waals surface area contributed by atoms with E-state index in [9.17, 15) is 4.79 Å². The predicted molar refractivity (Wildman–Crippen MR) is 68.0 cm³/mol. The monoisotopic (exact) mass is 261 g/mol. The Kier molecular flexibility index (Phi) is 3.16. The van der Waals surface area contributed by atoms with Crippen LogP contribution in [0.3, 0.4) is 0 Å². The molecule has 3 rings (SSSR count). The number of nitrogens with zero attached hydrogens (tertiary/aromatic N) is 3. The zero-order chi connectivity index (χ0) is 13.2. The number of fused-ring (bicyclic) bond motifs is 1. The van der Waals surface area contributed by atoms with Crippen molar-refractivity contribution in [2.75, 3.05) is 13.2 Å². The molecule has 0 saturated heterocycles. The number of benzene rings is 1. The van der Waals surface area contributed by atoms with Gasteiger partial charge in [-0.15, -0.1) is 5.10 Å². The summed E-state index contributed by atoms with van der Waals surface area (Å²) in [5.41, 5.74) is 1.34. The van der Waals surface area contributed by atoms with Crippen molar-refractivity contribution >= 4 is 17.0 Å². The standard InChI is InChI=1S/C13H15N3O3/c17-13(18)10-2-1-3-11-12(10)14-15-16(11)6-7-19-8-9-4-5-9/h1-3,9H,4-8H2,(H,17,18). The second kappa shape index (κ2) is 4.97. The van der Waals surface area contributed by atoms with Gasteiger partial charge in [-0.05, 0) is 30.9 Å². The summed E-state index contributed by atoms with van der Waals surface area (Å²) < 4.78 is 7.24. The summed E-state index contributed by atoms with van der Waals surface area (Å²) in [7, 11) is 0. The van der Waals surface area contributed by atoms with Gasteiger partial charge in [-0.3, -0.25) is 0 Å². The van der Waals surface area contributed by atoms with Gasteiger partial charge in [-0.25, -0.2) is 9.48 Å². The number of carboxylic acids is 1. The Morgan fingerprint density at radius 1 is 1.47 bits per heavy atom. The van der Waals surface area contributed by atoms with Crippen LogP contribution in [0.4, 0.5) is 0 Å². The topological polar surface area (TPSA) is 77.2 Å². The number of ether oxygens (including phenoxy) is 1. The molecular weight excluding hydrogens is 246 g/mol. The molecule has 1 aromatic carbocycles. The van der Waals surface area contributed by atoms with Crippen LogP contribution in [-0.4, -0.2) is 39.3 Å². The van der Waals surface area contributed by atoms with E-state index in [2.05, 4.69) is 10.3 Å². The molecular formula is C13H15N3O3. The molecule has 0 aliphatic heterocycles. The van der Waals surface area contributed by atoms with Gasteiger partial charge in [0.1, 0.15) is 5.52 Å². The Morgan fingerprint density at radius 2 is 2.32 bits per heavy atom. The quantitative estimate of drug-likeness (QED) is 0.798. The van der Waals surface area contributed by atoms with Gasteiger partial charge < -0.3 is 9.84 Å². The second-order valence-electron chi connectivity index (χ2n) is 4.81. The highest BCUT2D eigenvalue weighted by molar-refractivity contribution is 6.00. The fourth-order valence-corrected chi connectivity index (χ4v) is 2.01. The van der Waals surface area contributed by atoms with Crippen LogP contribution in [0.15, 0.2) is 18.2 Å². The third-order valence-electron chi connectivity index (χ3n) is 3.27. The predicted octanol–water partition coefficient (Wildman–Crippen LogP) is 1.56. The van der Waals surface area contributed by atoms with Crippen molar-refractivity contribution in [3.05, 3.63) is 23.8 Å². The van der Waals surface area contributed by atoms with E-state index in [1.165, 1.54) is 18.9 Å².